The molecule has 0 radical (unpaired) electrons. The molecule has 2 saturated heterocycles. The third-order valence-electron chi connectivity index (χ3n) is 5.94. The van der Waals surface area contributed by atoms with Crippen LogP contribution in [0.2, 0.25) is 0 Å². The summed E-state index contributed by atoms with van der Waals surface area (Å²) in [6.45, 7) is 20.3. The van der Waals surface area contributed by atoms with Crippen LogP contribution in [0.1, 0.15) is 33.5 Å². The van der Waals surface area contributed by atoms with E-state index in [1.807, 2.05) is 0 Å². The van der Waals surface area contributed by atoms with Crippen LogP contribution in [-0.2, 0) is 6.42 Å². The van der Waals surface area contributed by atoms with Crippen LogP contribution in [0.4, 0.5) is 5.13 Å². The summed E-state index contributed by atoms with van der Waals surface area (Å²) in [5, 5.41) is 4.56. The minimum atomic E-state index is 0. The number of anilines is 1. The Balaban J connectivity index is 0.00000320. The topological polar surface area (TPSA) is 63.1 Å². The van der Waals surface area contributed by atoms with Crippen molar-refractivity contribution in [1.82, 2.24) is 29.4 Å². The highest BCUT2D eigenvalue weighted by molar-refractivity contribution is 14.0. The second-order valence-corrected chi connectivity index (χ2v) is 8.57. The van der Waals surface area contributed by atoms with Crippen LogP contribution in [0.25, 0.3) is 0 Å². The van der Waals surface area contributed by atoms with Gasteiger partial charge >= 0.3 is 0 Å². The van der Waals surface area contributed by atoms with Crippen molar-refractivity contribution in [2.45, 2.75) is 40.2 Å². The Hall–Kier alpha value is -0.720. The van der Waals surface area contributed by atoms with Gasteiger partial charge in [-0.1, -0.05) is 13.8 Å². The fraction of sp³-hybridized carbons (Fsp3) is 0.850. The van der Waals surface area contributed by atoms with Crippen molar-refractivity contribution in [3.63, 3.8) is 0 Å². The summed E-state index contributed by atoms with van der Waals surface area (Å²) >= 11 is 1.52. The summed E-state index contributed by atoms with van der Waals surface area (Å²) in [6, 6.07) is 0.484. The maximum Gasteiger partial charge on any atom is 0.205 e. The zero-order valence-electron chi connectivity index (χ0n) is 19.0. The normalized spacial score (nSPS) is 20.2. The van der Waals surface area contributed by atoms with E-state index < -0.39 is 0 Å². The highest BCUT2D eigenvalue weighted by Crippen LogP contribution is 2.19. The summed E-state index contributed by atoms with van der Waals surface area (Å²) in [7, 11) is 0. The van der Waals surface area contributed by atoms with Crippen molar-refractivity contribution in [2.24, 2.45) is 4.99 Å². The number of aliphatic imine (C=N–C) groups is 1. The number of halogens is 1. The molecule has 0 aliphatic carbocycles. The number of guanidine groups is 1. The van der Waals surface area contributed by atoms with Crippen LogP contribution < -0.4 is 10.2 Å². The number of rotatable bonds is 7. The van der Waals surface area contributed by atoms with Gasteiger partial charge in [-0.3, -0.25) is 9.89 Å². The fourth-order valence-electron chi connectivity index (χ4n) is 3.91. The molecule has 1 N–H and O–H groups in total. The Labute approximate surface area is 203 Å². The molecule has 2 aliphatic rings. The average molecular weight is 551 g/mol. The largest absolute Gasteiger partial charge is 0.357 e. The molecule has 1 aromatic heterocycles. The number of aryl methyl sites for hydroxylation is 1. The zero-order valence-corrected chi connectivity index (χ0v) is 22.2. The molecule has 1 aromatic rings. The van der Waals surface area contributed by atoms with E-state index in [1.165, 1.54) is 24.6 Å². The molecule has 0 spiro atoms. The van der Waals surface area contributed by atoms with E-state index in [4.69, 9.17) is 4.99 Å². The highest BCUT2D eigenvalue weighted by atomic mass is 127. The molecule has 0 bridgehead atoms. The van der Waals surface area contributed by atoms with E-state index in [0.29, 0.717) is 6.04 Å². The Morgan fingerprint density at radius 2 is 1.77 bits per heavy atom. The molecule has 1 unspecified atom stereocenters. The molecule has 0 aromatic carbocycles. The molecule has 30 heavy (non-hydrogen) atoms. The maximum atomic E-state index is 5.00. The summed E-state index contributed by atoms with van der Waals surface area (Å²) < 4.78 is 4.43. The van der Waals surface area contributed by atoms with Crippen LogP contribution in [-0.4, -0.2) is 108 Å². The van der Waals surface area contributed by atoms with Gasteiger partial charge in [0.15, 0.2) is 5.96 Å². The van der Waals surface area contributed by atoms with Gasteiger partial charge in [0.1, 0.15) is 5.82 Å². The third kappa shape index (κ3) is 6.89. The Morgan fingerprint density at radius 1 is 1.07 bits per heavy atom. The molecule has 2 aliphatic heterocycles. The molecule has 1 atom stereocenters. The van der Waals surface area contributed by atoms with Crippen molar-refractivity contribution in [2.75, 3.05) is 76.9 Å². The lowest BCUT2D eigenvalue weighted by atomic mass is 10.2. The van der Waals surface area contributed by atoms with Gasteiger partial charge in [-0.15, -0.1) is 24.0 Å². The summed E-state index contributed by atoms with van der Waals surface area (Å²) in [5.74, 6) is 2.01. The number of hydrogen-bond acceptors (Lipinski definition) is 7. The van der Waals surface area contributed by atoms with Crippen molar-refractivity contribution in [1.29, 1.82) is 0 Å². The van der Waals surface area contributed by atoms with Gasteiger partial charge in [-0.25, -0.2) is 4.98 Å². The Morgan fingerprint density at radius 3 is 2.33 bits per heavy atom. The smallest absolute Gasteiger partial charge is 0.205 e. The van der Waals surface area contributed by atoms with E-state index in [9.17, 15) is 0 Å². The summed E-state index contributed by atoms with van der Waals surface area (Å²) in [4.78, 5) is 19.5. The van der Waals surface area contributed by atoms with Gasteiger partial charge in [0.05, 0.1) is 6.54 Å². The lowest BCUT2D eigenvalue weighted by molar-refractivity contribution is 0.109. The predicted molar refractivity (Wildman–Crippen MR) is 138 cm³/mol. The van der Waals surface area contributed by atoms with Gasteiger partial charge in [-0.2, -0.15) is 4.37 Å². The quantitative estimate of drug-likeness (QED) is 0.316. The minimum absolute atomic E-state index is 0. The lowest BCUT2D eigenvalue weighted by Crippen LogP contribution is -2.53. The molecule has 0 saturated carbocycles. The number of nitrogens with one attached hydrogen (secondary N) is 1. The van der Waals surface area contributed by atoms with E-state index in [1.54, 1.807) is 0 Å². The van der Waals surface area contributed by atoms with Crippen LogP contribution in [0.5, 0.6) is 0 Å². The third-order valence-corrected chi connectivity index (χ3v) is 6.76. The van der Waals surface area contributed by atoms with Gasteiger partial charge in [0.2, 0.25) is 5.13 Å². The van der Waals surface area contributed by atoms with Crippen molar-refractivity contribution < 1.29 is 0 Å². The minimum Gasteiger partial charge on any atom is -0.357 e. The number of piperazine rings is 2. The molecule has 3 rings (SSSR count). The lowest BCUT2D eigenvalue weighted by Gasteiger charge is -2.38. The molecule has 8 nitrogen and oxygen atoms in total. The zero-order chi connectivity index (χ0) is 20.6. The Kier molecular flexibility index (Phi) is 11.0. The predicted octanol–water partition coefficient (Wildman–Crippen LogP) is 1.83. The molecular weight excluding hydrogens is 511 g/mol. The highest BCUT2D eigenvalue weighted by Gasteiger charge is 2.23. The number of nitrogens with zero attached hydrogens (tertiary/aromatic N) is 7. The van der Waals surface area contributed by atoms with E-state index in [-0.39, 0.29) is 24.0 Å². The SMILES string of the molecule is CCNC(=NCC(C)N1CCN(CC)CC1)N1CCN(c2nc(CC)ns2)CC1.I. The van der Waals surface area contributed by atoms with Gasteiger partial charge in [0, 0.05) is 82.9 Å². The molecular formula is C20H39IN8S. The number of hydrogen-bond donors (Lipinski definition) is 1. The number of likely N-dealkylation sites (N-methyl/N-ethyl adjacent to an activating group) is 1. The molecule has 0 amide bonds. The van der Waals surface area contributed by atoms with Crippen LogP contribution >= 0.6 is 35.5 Å². The first kappa shape index (κ1) is 25.5. The first-order chi connectivity index (χ1) is 14.1. The van der Waals surface area contributed by atoms with Crippen LogP contribution in [0, 0.1) is 0 Å². The van der Waals surface area contributed by atoms with Crippen LogP contribution in [0.15, 0.2) is 4.99 Å². The number of aromatic nitrogens is 2. The van der Waals surface area contributed by atoms with E-state index in [0.717, 1.165) is 82.2 Å². The standard InChI is InChI=1S/C20H38N8S.HI/c1-5-18-23-20(29-24-18)28-14-12-27(13-15-28)19(21-6-2)22-16-17(4)26-10-8-25(7-3)9-11-26;/h17H,5-16H2,1-4H3,(H,21,22);1H. The first-order valence-corrected chi connectivity index (χ1v) is 12.0. The van der Waals surface area contributed by atoms with Crippen LogP contribution in [0.3, 0.4) is 0 Å². The molecule has 172 valence electrons. The molecule has 10 heteroatoms. The van der Waals surface area contributed by atoms with E-state index >= 15 is 0 Å². The molecule has 2 fully saturated rings. The van der Waals surface area contributed by atoms with Crippen molar-refractivity contribution in [3.8, 4) is 0 Å². The van der Waals surface area contributed by atoms with Gasteiger partial charge in [-0.05, 0) is 20.4 Å². The van der Waals surface area contributed by atoms with Gasteiger partial charge in [0.25, 0.3) is 0 Å². The summed E-state index contributed by atoms with van der Waals surface area (Å²) in [6.07, 6.45) is 0.902. The van der Waals surface area contributed by atoms with Gasteiger partial charge < -0.3 is 20.0 Å². The Bertz CT molecular complexity index is 639. The fourth-order valence-corrected chi connectivity index (χ4v) is 4.71. The summed E-state index contributed by atoms with van der Waals surface area (Å²) in [5.41, 5.74) is 0. The van der Waals surface area contributed by atoms with Crippen molar-refractivity contribution in [3.05, 3.63) is 5.82 Å². The monoisotopic (exact) mass is 550 g/mol. The second kappa shape index (κ2) is 13.0. The van der Waals surface area contributed by atoms with Crippen molar-refractivity contribution >= 4 is 46.6 Å². The molecule has 3 heterocycles. The second-order valence-electron chi connectivity index (χ2n) is 7.83. The first-order valence-electron chi connectivity index (χ1n) is 11.2. The maximum absolute atomic E-state index is 5.00. The van der Waals surface area contributed by atoms with E-state index in [2.05, 4.69) is 62.0 Å². The average Bonchev–Trinajstić information content (AvgIpc) is 3.26.